The number of fused-ring (bicyclic) bond motifs is 4. The van der Waals surface area contributed by atoms with Crippen molar-refractivity contribution in [3.8, 4) is 22.6 Å². The summed E-state index contributed by atoms with van der Waals surface area (Å²) in [5.74, 6) is 0.831. The second-order valence-electron chi connectivity index (χ2n) is 13.4. The minimum absolute atomic E-state index is 0.831. The van der Waals surface area contributed by atoms with Gasteiger partial charge >= 0.3 is 0 Å². The van der Waals surface area contributed by atoms with Gasteiger partial charge in [-0.2, -0.15) is 0 Å². The molecule has 9 aromatic carbocycles. The molecule has 0 atom stereocenters. The molecule has 10 aromatic rings. The molecule has 10 rings (SSSR count). The minimum Gasteiger partial charge on any atom is -0.497 e. The van der Waals surface area contributed by atoms with Crippen LogP contribution < -0.4 is 9.64 Å². The molecule has 0 spiro atoms. The van der Waals surface area contributed by atoms with Crippen LogP contribution in [-0.4, -0.2) is 11.7 Å². The van der Waals surface area contributed by atoms with Crippen LogP contribution >= 0.6 is 0 Å². The van der Waals surface area contributed by atoms with Crippen LogP contribution in [0.25, 0.3) is 70.9 Å². The van der Waals surface area contributed by atoms with Gasteiger partial charge < -0.3 is 14.2 Å². The topological polar surface area (TPSA) is 17.4 Å². The number of rotatable bonds is 6. The van der Waals surface area contributed by atoms with Gasteiger partial charge in [-0.05, 0) is 117 Å². The van der Waals surface area contributed by atoms with Crippen molar-refractivity contribution in [3.05, 3.63) is 175 Å². The molecule has 0 fully saturated rings. The summed E-state index contributed by atoms with van der Waals surface area (Å²) in [6, 6.07) is 61.7. The van der Waals surface area contributed by atoms with E-state index in [0.717, 1.165) is 22.8 Å². The van der Waals surface area contributed by atoms with Gasteiger partial charge in [-0.3, -0.25) is 0 Å². The van der Waals surface area contributed by atoms with Crippen molar-refractivity contribution in [1.82, 2.24) is 4.57 Å². The summed E-state index contributed by atoms with van der Waals surface area (Å²) in [6.45, 7) is 2.14. The molecule has 3 heteroatoms. The number of methoxy groups -OCH3 is 1. The molecule has 0 saturated carbocycles. The molecule has 0 unspecified atom stereocenters. The quantitative estimate of drug-likeness (QED) is 0.166. The highest BCUT2D eigenvalue weighted by Gasteiger charge is 2.20. The van der Waals surface area contributed by atoms with Crippen LogP contribution in [0.3, 0.4) is 0 Å². The number of para-hydroxylation sites is 2. The Labute approximate surface area is 296 Å². The van der Waals surface area contributed by atoms with E-state index in [0.29, 0.717) is 0 Å². The van der Waals surface area contributed by atoms with Crippen LogP contribution in [0.15, 0.2) is 170 Å². The molecule has 0 aliphatic carbocycles. The van der Waals surface area contributed by atoms with Crippen LogP contribution in [0.2, 0.25) is 0 Å². The Morgan fingerprint density at radius 2 is 1.18 bits per heavy atom. The Bertz CT molecular complexity index is 2900. The fourth-order valence-electron chi connectivity index (χ4n) is 8.19. The largest absolute Gasteiger partial charge is 0.497 e. The van der Waals surface area contributed by atoms with E-state index >= 15 is 0 Å². The Morgan fingerprint density at radius 3 is 2.00 bits per heavy atom. The number of benzene rings is 9. The van der Waals surface area contributed by atoms with Crippen molar-refractivity contribution in [2.75, 3.05) is 12.0 Å². The third-order valence-corrected chi connectivity index (χ3v) is 10.4. The molecule has 0 N–H and O–H groups in total. The number of hydrogen-bond donors (Lipinski definition) is 0. The van der Waals surface area contributed by atoms with Crippen molar-refractivity contribution in [1.29, 1.82) is 0 Å². The zero-order valence-corrected chi connectivity index (χ0v) is 28.5. The monoisotopic (exact) mass is 654 g/mol. The van der Waals surface area contributed by atoms with Gasteiger partial charge in [-0.15, -0.1) is 0 Å². The summed E-state index contributed by atoms with van der Waals surface area (Å²) in [4.78, 5) is 2.29. The van der Waals surface area contributed by atoms with Crippen LogP contribution in [0.5, 0.6) is 5.75 Å². The number of anilines is 3. The first-order valence-corrected chi connectivity index (χ1v) is 17.5. The van der Waals surface area contributed by atoms with Gasteiger partial charge in [0.1, 0.15) is 5.75 Å². The summed E-state index contributed by atoms with van der Waals surface area (Å²) in [5, 5.41) is 10.3. The highest BCUT2D eigenvalue weighted by Crippen LogP contribution is 2.45. The van der Waals surface area contributed by atoms with Gasteiger partial charge in [0.25, 0.3) is 0 Å². The molecule has 0 amide bonds. The first-order chi connectivity index (χ1) is 25.2. The molecule has 0 saturated heterocycles. The molecule has 1 heterocycles. The summed E-state index contributed by atoms with van der Waals surface area (Å²) in [6.07, 6.45) is 0. The van der Waals surface area contributed by atoms with Crippen LogP contribution in [0.1, 0.15) is 5.56 Å². The van der Waals surface area contributed by atoms with Crippen molar-refractivity contribution in [2.24, 2.45) is 0 Å². The Hall–Kier alpha value is -6.58. The van der Waals surface area contributed by atoms with Gasteiger partial charge in [0, 0.05) is 39.6 Å². The van der Waals surface area contributed by atoms with Crippen molar-refractivity contribution in [2.45, 2.75) is 6.92 Å². The normalized spacial score (nSPS) is 11.7. The number of aromatic nitrogens is 1. The lowest BCUT2D eigenvalue weighted by molar-refractivity contribution is 0.415. The third-order valence-electron chi connectivity index (χ3n) is 10.4. The van der Waals surface area contributed by atoms with Gasteiger partial charge in [0.05, 0.1) is 18.1 Å². The zero-order valence-electron chi connectivity index (χ0n) is 28.5. The summed E-state index contributed by atoms with van der Waals surface area (Å²) < 4.78 is 8.02. The Kier molecular flexibility index (Phi) is 6.62. The number of aryl methyl sites for hydroxylation is 1. The van der Waals surface area contributed by atoms with Crippen LogP contribution in [0, 0.1) is 6.92 Å². The number of hydrogen-bond acceptors (Lipinski definition) is 2. The predicted octanol–water partition coefficient (Wildman–Crippen LogP) is 13.1. The van der Waals surface area contributed by atoms with E-state index in [4.69, 9.17) is 4.74 Å². The standard InChI is InChI=1S/C48H34N2O/c1-31-10-8-13-37(28-31)49(38-14-9-15-39(30-38)51-2)36-23-18-32(19-24-36)40-25-20-33-21-27-43-47-34(22-26-41(40)46(33)47)29-45-48(43)42-16-6-7-17-44(42)50(45)35-11-4-3-5-12-35/h3-30H,1-2H3. The predicted molar refractivity (Wildman–Crippen MR) is 216 cm³/mol. The molecule has 3 nitrogen and oxygen atoms in total. The van der Waals surface area contributed by atoms with Crippen molar-refractivity contribution < 1.29 is 4.74 Å². The first kappa shape index (κ1) is 29.3. The fourth-order valence-corrected chi connectivity index (χ4v) is 8.19. The highest BCUT2D eigenvalue weighted by atomic mass is 16.5. The van der Waals surface area contributed by atoms with Crippen molar-refractivity contribution in [3.63, 3.8) is 0 Å². The van der Waals surface area contributed by atoms with E-state index in [-0.39, 0.29) is 0 Å². The first-order valence-electron chi connectivity index (χ1n) is 17.5. The average Bonchev–Trinajstić information content (AvgIpc) is 3.52. The second kappa shape index (κ2) is 11.5. The maximum Gasteiger partial charge on any atom is 0.120 e. The molecular formula is C48H34N2O. The number of nitrogens with zero attached hydrogens (tertiary/aromatic N) is 2. The molecular weight excluding hydrogens is 621 g/mol. The van der Waals surface area contributed by atoms with E-state index in [1.54, 1.807) is 7.11 Å². The Balaban J connectivity index is 1.16. The Morgan fingerprint density at radius 1 is 0.471 bits per heavy atom. The smallest absolute Gasteiger partial charge is 0.120 e. The summed E-state index contributed by atoms with van der Waals surface area (Å²) in [7, 11) is 1.72. The maximum absolute atomic E-state index is 5.61. The maximum atomic E-state index is 5.61. The van der Waals surface area contributed by atoms with Gasteiger partial charge in [-0.1, -0.05) is 103 Å². The lowest BCUT2D eigenvalue weighted by Gasteiger charge is -2.26. The molecule has 0 aliphatic heterocycles. The highest BCUT2D eigenvalue weighted by molar-refractivity contribution is 6.34. The van der Waals surface area contributed by atoms with Gasteiger partial charge in [-0.25, -0.2) is 0 Å². The van der Waals surface area contributed by atoms with Crippen molar-refractivity contribution >= 4 is 71.2 Å². The molecule has 1 aromatic heterocycles. The average molecular weight is 655 g/mol. The van der Waals surface area contributed by atoms with Gasteiger partial charge in [0.15, 0.2) is 0 Å². The second-order valence-corrected chi connectivity index (χ2v) is 13.4. The van der Waals surface area contributed by atoms with E-state index in [1.807, 2.05) is 12.1 Å². The summed E-state index contributed by atoms with van der Waals surface area (Å²) in [5.41, 5.74) is 10.5. The van der Waals surface area contributed by atoms with E-state index in [2.05, 4.69) is 174 Å². The third kappa shape index (κ3) is 4.59. The van der Waals surface area contributed by atoms with Crippen LogP contribution in [0.4, 0.5) is 17.1 Å². The fraction of sp³-hybridized carbons (Fsp3) is 0.0417. The lowest BCUT2D eigenvalue weighted by Crippen LogP contribution is -2.10. The SMILES string of the molecule is COc1cccc(N(c2ccc(-c3ccc4ccc5c6c(ccc3c46)cc3c5c4ccccc4n3-c3ccccc3)cc2)c2cccc(C)c2)c1. The summed E-state index contributed by atoms with van der Waals surface area (Å²) >= 11 is 0. The number of ether oxygens (including phenoxy) is 1. The zero-order chi connectivity index (χ0) is 34.1. The van der Waals surface area contributed by atoms with E-state index < -0.39 is 0 Å². The van der Waals surface area contributed by atoms with E-state index in [9.17, 15) is 0 Å². The van der Waals surface area contributed by atoms with Crippen LogP contribution in [-0.2, 0) is 0 Å². The lowest BCUT2D eigenvalue weighted by atomic mass is 9.88. The van der Waals surface area contributed by atoms with Gasteiger partial charge in [0.2, 0.25) is 0 Å². The molecule has 242 valence electrons. The minimum atomic E-state index is 0.831. The molecule has 0 aliphatic rings. The van der Waals surface area contributed by atoms with E-state index in [1.165, 1.54) is 76.5 Å². The molecule has 51 heavy (non-hydrogen) atoms. The molecule has 0 radical (unpaired) electrons. The molecule has 0 bridgehead atoms.